The van der Waals surface area contributed by atoms with E-state index in [4.69, 9.17) is 9.47 Å². The number of ether oxygens (including phenoxy) is 2. The van der Waals surface area contributed by atoms with E-state index in [-0.39, 0.29) is 12.2 Å². The number of halogens is 2. The third-order valence-electron chi connectivity index (χ3n) is 5.89. The molecule has 2 aromatic rings. The molecule has 1 unspecified atom stereocenters. The molecular weight excluding hydrogens is 358 g/mol. The van der Waals surface area contributed by atoms with Crippen molar-refractivity contribution >= 4 is 0 Å². The third kappa shape index (κ3) is 4.44. The summed E-state index contributed by atoms with van der Waals surface area (Å²) >= 11 is 0. The van der Waals surface area contributed by atoms with Crippen molar-refractivity contribution in [2.45, 2.75) is 75.8 Å². The van der Waals surface area contributed by atoms with Crippen LogP contribution in [0.15, 0.2) is 54.6 Å². The molecule has 0 heterocycles. The van der Waals surface area contributed by atoms with Gasteiger partial charge in [0.25, 0.3) is 0 Å². The molecule has 4 rings (SSSR count). The first kappa shape index (κ1) is 19.5. The van der Waals surface area contributed by atoms with Crippen molar-refractivity contribution in [3.05, 3.63) is 60.2 Å². The lowest BCUT2D eigenvalue weighted by atomic mass is 9.95. The minimum atomic E-state index is -3.36. The highest BCUT2D eigenvalue weighted by Gasteiger charge is 2.47. The average Bonchev–Trinajstić information content (AvgIpc) is 3.40. The molecule has 2 nitrogen and oxygen atoms in total. The molecule has 2 saturated carbocycles. The van der Waals surface area contributed by atoms with Gasteiger partial charge in [-0.1, -0.05) is 80.3 Å². The Bertz CT molecular complexity index is 750. The van der Waals surface area contributed by atoms with E-state index >= 15 is 8.78 Å². The van der Waals surface area contributed by atoms with Crippen molar-refractivity contribution in [3.8, 4) is 11.1 Å². The van der Waals surface area contributed by atoms with Crippen LogP contribution in [0.1, 0.15) is 63.0 Å². The van der Waals surface area contributed by atoms with Crippen LogP contribution in [0, 0.1) is 0 Å². The number of hydrogen-bond acceptors (Lipinski definition) is 2. The van der Waals surface area contributed by atoms with E-state index in [1.165, 1.54) is 0 Å². The Morgan fingerprint density at radius 2 is 1.32 bits per heavy atom. The summed E-state index contributed by atoms with van der Waals surface area (Å²) in [5, 5.41) is 0. The molecule has 2 aromatic carbocycles. The number of benzene rings is 2. The lowest BCUT2D eigenvalue weighted by Gasteiger charge is -2.32. The summed E-state index contributed by atoms with van der Waals surface area (Å²) in [5.41, 5.74) is 2.19. The smallest absolute Gasteiger partial charge is 0.361 e. The molecule has 2 aliphatic rings. The normalized spacial score (nSPS) is 19.9. The number of hydrogen-bond donors (Lipinski definition) is 0. The molecule has 0 spiro atoms. The Kier molecular flexibility index (Phi) is 6.07. The predicted octanol–water partition coefficient (Wildman–Crippen LogP) is 6.91. The van der Waals surface area contributed by atoms with E-state index in [1.807, 2.05) is 42.5 Å². The van der Waals surface area contributed by atoms with E-state index in [2.05, 4.69) is 0 Å². The van der Waals surface area contributed by atoms with Crippen LogP contribution in [0.4, 0.5) is 8.78 Å². The van der Waals surface area contributed by atoms with Gasteiger partial charge in [0.2, 0.25) is 0 Å². The van der Waals surface area contributed by atoms with Crippen molar-refractivity contribution in [3.63, 3.8) is 0 Å². The van der Waals surface area contributed by atoms with Crippen LogP contribution in [-0.4, -0.2) is 18.3 Å². The third-order valence-corrected chi connectivity index (χ3v) is 5.89. The zero-order chi connectivity index (χ0) is 19.4. The van der Waals surface area contributed by atoms with Crippen molar-refractivity contribution < 1.29 is 18.3 Å². The quantitative estimate of drug-likeness (QED) is 0.515. The molecule has 0 bridgehead atoms. The van der Waals surface area contributed by atoms with Crippen molar-refractivity contribution in [2.24, 2.45) is 0 Å². The van der Waals surface area contributed by atoms with Gasteiger partial charge in [-0.05, 0) is 42.4 Å². The predicted molar refractivity (Wildman–Crippen MR) is 106 cm³/mol. The fourth-order valence-electron chi connectivity index (χ4n) is 4.45. The van der Waals surface area contributed by atoms with E-state index in [1.54, 1.807) is 12.1 Å². The second-order valence-electron chi connectivity index (χ2n) is 7.96. The highest BCUT2D eigenvalue weighted by Crippen LogP contribution is 2.44. The Balaban J connectivity index is 1.69. The SMILES string of the molecule is FC(F)(OC1CCCC1)C(OC1CCCC1)c1ccccc1-c1ccccc1. The number of rotatable bonds is 7. The molecule has 2 fully saturated rings. The molecule has 0 radical (unpaired) electrons. The Morgan fingerprint density at radius 1 is 0.750 bits per heavy atom. The molecule has 1 atom stereocenters. The lowest BCUT2D eigenvalue weighted by Crippen LogP contribution is -2.37. The fraction of sp³-hybridized carbons (Fsp3) is 0.500. The molecule has 0 saturated heterocycles. The molecular formula is C24H28F2O2. The van der Waals surface area contributed by atoms with Crippen molar-refractivity contribution in [1.82, 2.24) is 0 Å². The molecule has 150 valence electrons. The molecule has 0 aliphatic heterocycles. The van der Waals surface area contributed by atoms with Gasteiger partial charge in [0.05, 0.1) is 12.2 Å². The highest BCUT2D eigenvalue weighted by atomic mass is 19.3. The molecule has 4 heteroatoms. The van der Waals surface area contributed by atoms with Crippen LogP contribution >= 0.6 is 0 Å². The first-order valence-electron chi connectivity index (χ1n) is 10.5. The van der Waals surface area contributed by atoms with Gasteiger partial charge in [-0.2, -0.15) is 8.78 Å². The van der Waals surface area contributed by atoms with Crippen molar-refractivity contribution in [2.75, 3.05) is 0 Å². The van der Waals surface area contributed by atoms with Crippen molar-refractivity contribution in [1.29, 1.82) is 0 Å². The molecule has 0 N–H and O–H groups in total. The fourth-order valence-corrected chi connectivity index (χ4v) is 4.45. The second-order valence-corrected chi connectivity index (χ2v) is 7.96. The van der Waals surface area contributed by atoms with Crippen LogP contribution in [0.25, 0.3) is 11.1 Å². The van der Waals surface area contributed by atoms with E-state index in [0.29, 0.717) is 18.4 Å². The van der Waals surface area contributed by atoms with Crippen LogP contribution in [0.5, 0.6) is 0 Å². The topological polar surface area (TPSA) is 18.5 Å². The van der Waals surface area contributed by atoms with Crippen LogP contribution in [0.2, 0.25) is 0 Å². The maximum Gasteiger partial charge on any atom is 0.386 e. The lowest BCUT2D eigenvalue weighted by molar-refractivity contribution is -0.323. The monoisotopic (exact) mass is 386 g/mol. The van der Waals surface area contributed by atoms with E-state index in [0.717, 1.165) is 49.7 Å². The summed E-state index contributed by atoms with van der Waals surface area (Å²) in [6.45, 7) is 0. The minimum Gasteiger partial charge on any atom is -0.361 e. The summed E-state index contributed by atoms with van der Waals surface area (Å²) in [7, 11) is 0. The summed E-state index contributed by atoms with van der Waals surface area (Å²) in [5.74, 6) is 0. The van der Waals surface area contributed by atoms with Crippen LogP contribution in [0.3, 0.4) is 0 Å². The van der Waals surface area contributed by atoms with Gasteiger partial charge in [-0.3, -0.25) is 0 Å². The summed E-state index contributed by atoms with van der Waals surface area (Å²) in [6.07, 6.45) is 1.78. The maximum absolute atomic E-state index is 15.4. The van der Waals surface area contributed by atoms with E-state index < -0.39 is 12.2 Å². The Morgan fingerprint density at radius 3 is 2.00 bits per heavy atom. The van der Waals surface area contributed by atoms with Gasteiger partial charge in [-0.25, -0.2) is 0 Å². The number of alkyl halides is 2. The summed E-state index contributed by atoms with van der Waals surface area (Å²) in [4.78, 5) is 0. The van der Waals surface area contributed by atoms with Gasteiger partial charge in [0, 0.05) is 0 Å². The van der Waals surface area contributed by atoms with Gasteiger partial charge in [-0.15, -0.1) is 0 Å². The minimum absolute atomic E-state index is 0.133. The average molecular weight is 386 g/mol. The molecule has 0 amide bonds. The zero-order valence-corrected chi connectivity index (χ0v) is 16.2. The van der Waals surface area contributed by atoms with Gasteiger partial charge in [0.1, 0.15) is 0 Å². The summed E-state index contributed by atoms with van der Waals surface area (Å²) < 4.78 is 42.3. The second kappa shape index (κ2) is 8.71. The largest absolute Gasteiger partial charge is 0.386 e. The first-order chi connectivity index (χ1) is 13.6. The highest BCUT2D eigenvalue weighted by molar-refractivity contribution is 5.67. The molecule has 0 aromatic heterocycles. The first-order valence-corrected chi connectivity index (χ1v) is 10.5. The maximum atomic E-state index is 15.4. The summed E-state index contributed by atoms with van der Waals surface area (Å²) in [6, 6.07) is 17.0. The van der Waals surface area contributed by atoms with Crippen LogP contribution in [-0.2, 0) is 9.47 Å². The van der Waals surface area contributed by atoms with Gasteiger partial charge < -0.3 is 9.47 Å². The Labute approximate surface area is 165 Å². The Hall–Kier alpha value is -1.78. The van der Waals surface area contributed by atoms with E-state index in [9.17, 15) is 0 Å². The van der Waals surface area contributed by atoms with Crippen LogP contribution < -0.4 is 0 Å². The van der Waals surface area contributed by atoms with Gasteiger partial charge in [0.15, 0.2) is 6.10 Å². The zero-order valence-electron chi connectivity index (χ0n) is 16.2. The molecule has 28 heavy (non-hydrogen) atoms. The van der Waals surface area contributed by atoms with Gasteiger partial charge >= 0.3 is 6.11 Å². The standard InChI is InChI=1S/C24H28F2O2/c25-24(26,28-20-14-6-7-15-20)23(27-19-12-4-5-13-19)22-17-9-8-16-21(22)18-10-2-1-3-11-18/h1-3,8-11,16-17,19-20,23H,4-7,12-15H2. The molecule has 2 aliphatic carbocycles.